The summed E-state index contributed by atoms with van der Waals surface area (Å²) in [5.41, 5.74) is 2.07. The average Bonchev–Trinajstić information content (AvgIpc) is 3.35. The Hall–Kier alpha value is -2.28. The number of thiazole rings is 1. The Balaban J connectivity index is 1.60. The molecule has 1 N–H and O–H groups in total. The van der Waals surface area contributed by atoms with Crippen molar-refractivity contribution in [2.24, 2.45) is 5.92 Å². The normalized spacial score (nSPS) is 16.3. The molecule has 1 aliphatic rings. The van der Waals surface area contributed by atoms with Crippen LogP contribution in [-0.2, 0) is 12.1 Å². The number of rotatable bonds is 5. The third-order valence-corrected chi connectivity index (χ3v) is 6.28. The second kappa shape index (κ2) is 7.03. The first-order valence-corrected chi connectivity index (χ1v) is 10.4. The van der Waals surface area contributed by atoms with Gasteiger partial charge in [-0.2, -0.15) is 5.10 Å². The molecule has 0 bridgehead atoms. The molecule has 0 aliphatic heterocycles. The lowest BCUT2D eigenvalue weighted by Crippen LogP contribution is -2.43. The zero-order valence-electron chi connectivity index (χ0n) is 16.0. The number of hydrogen-bond acceptors (Lipinski definition) is 5. The average molecular weight is 384 g/mol. The molecule has 0 aromatic carbocycles. The molecule has 3 heterocycles. The Morgan fingerprint density at radius 1 is 1.33 bits per heavy atom. The van der Waals surface area contributed by atoms with Crippen molar-refractivity contribution in [1.29, 1.82) is 0 Å². The van der Waals surface area contributed by atoms with Crippen LogP contribution in [0.15, 0.2) is 23.8 Å². The molecule has 27 heavy (non-hydrogen) atoms. The van der Waals surface area contributed by atoms with Crippen molar-refractivity contribution in [1.82, 2.24) is 25.1 Å². The second-order valence-corrected chi connectivity index (χ2v) is 8.75. The van der Waals surface area contributed by atoms with Gasteiger partial charge in [-0.1, -0.05) is 26.7 Å². The maximum absolute atomic E-state index is 13.0. The largest absolute Gasteiger partial charge is 0.340 e. The predicted octanol–water partition coefficient (Wildman–Crippen LogP) is 4.05. The molecule has 6 nitrogen and oxygen atoms in total. The van der Waals surface area contributed by atoms with E-state index in [1.165, 1.54) is 0 Å². The Labute approximate surface area is 163 Å². The molecule has 0 unspecified atom stereocenters. The van der Waals surface area contributed by atoms with E-state index < -0.39 is 0 Å². The Morgan fingerprint density at radius 2 is 2.11 bits per heavy atom. The predicted molar refractivity (Wildman–Crippen MR) is 107 cm³/mol. The van der Waals surface area contributed by atoms with Crippen LogP contribution < -0.4 is 5.32 Å². The third kappa shape index (κ3) is 3.48. The summed E-state index contributed by atoms with van der Waals surface area (Å²) in [5.74, 6) is 0.401. The van der Waals surface area contributed by atoms with Gasteiger partial charge in [0.1, 0.15) is 5.01 Å². The molecule has 1 saturated carbocycles. The van der Waals surface area contributed by atoms with Crippen LogP contribution in [0.1, 0.15) is 60.6 Å². The maximum Gasteiger partial charge on any atom is 0.253 e. The van der Waals surface area contributed by atoms with Crippen LogP contribution in [0, 0.1) is 12.8 Å². The van der Waals surface area contributed by atoms with Crippen molar-refractivity contribution in [3.8, 4) is 0 Å². The Morgan fingerprint density at radius 3 is 2.78 bits per heavy atom. The molecule has 0 spiro atoms. The summed E-state index contributed by atoms with van der Waals surface area (Å²) in [5, 5.41) is 11.7. The SMILES string of the molecule is Cc1csc(C2(NC(=O)c3cnc4c(cnn4CC(C)C)c3)CCCC2)n1. The van der Waals surface area contributed by atoms with Gasteiger partial charge in [-0.3, -0.25) is 4.79 Å². The zero-order chi connectivity index (χ0) is 19.0. The number of carbonyl (C=O) groups excluding carboxylic acids is 1. The Kier molecular flexibility index (Phi) is 4.72. The van der Waals surface area contributed by atoms with Crippen LogP contribution in [0.5, 0.6) is 0 Å². The van der Waals surface area contributed by atoms with Gasteiger partial charge in [0.05, 0.1) is 17.3 Å². The number of aromatic nitrogens is 4. The summed E-state index contributed by atoms with van der Waals surface area (Å²) < 4.78 is 1.90. The first-order valence-electron chi connectivity index (χ1n) is 9.53. The van der Waals surface area contributed by atoms with Crippen molar-refractivity contribution in [2.75, 3.05) is 0 Å². The van der Waals surface area contributed by atoms with E-state index in [4.69, 9.17) is 0 Å². The van der Waals surface area contributed by atoms with Gasteiger partial charge in [0.2, 0.25) is 0 Å². The number of carbonyl (C=O) groups is 1. The molecular formula is C20H25N5OS. The molecule has 3 aromatic heterocycles. The van der Waals surface area contributed by atoms with Gasteiger partial charge in [0, 0.05) is 29.2 Å². The van der Waals surface area contributed by atoms with Crippen molar-refractivity contribution >= 4 is 28.3 Å². The summed E-state index contributed by atoms with van der Waals surface area (Å²) in [6.07, 6.45) is 7.54. The molecule has 0 atom stereocenters. The van der Waals surface area contributed by atoms with Crippen LogP contribution in [0.25, 0.3) is 11.0 Å². The van der Waals surface area contributed by atoms with Crippen LogP contribution in [0.4, 0.5) is 0 Å². The van der Waals surface area contributed by atoms with E-state index in [1.54, 1.807) is 23.7 Å². The maximum atomic E-state index is 13.0. The zero-order valence-corrected chi connectivity index (χ0v) is 16.8. The Bertz CT molecular complexity index is 968. The molecule has 4 rings (SSSR count). The standard InChI is InChI=1S/C20H25N5OS/c1-13(2)11-25-17-15(10-22-25)8-16(9-21-17)18(26)24-20(6-4-5-7-20)19-23-14(3)12-27-19/h8-10,12-13H,4-7,11H2,1-3H3,(H,24,26). The molecule has 7 heteroatoms. The van der Waals surface area contributed by atoms with Crippen molar-refractivity contribution in [3.05, 3.63) is 40.1 Å². The van der Waals surface area contributed by atoms with Gasteiger partial charge in [-0.15, -0.1) is 11.3 Å². The molecule has 142 valence electrons. The summed E-state index contributed by atoms with van der Waals surface area (Å²) in [7, 11) is 0. The molecule has 1 aliphatic carbocycles. The third-order valence-electron chi connectivity index (χ3n) is 5.11. The van der Waals surface area contributed by atoms with Crippen LogP contribution in [0.2, 0.25) is 0 Å². The number of nitrogens with zero attached hydrogens (tertiary/aromatic N) is 4. The van der Waals surface area contributed by atoms with Crippen LogP contribution in [-0.4, -0.2) is 25.7 Å². The highest BCUT2D eigenvalue weighted by atomic mass is 32.1. The van der Waals surface area contributed by atoms with E-state index in [0.717, 1.165) is 54.0 Å². The lowest BCUT2D eigenvalue weighted by atomic mass is 9.97. The van der Waals surface area contributed by atoms with Gasteiger partial charge in [-0.25, -0.2) is 14.6 Å². The fourth-order valence-electron chi connectivity index (χ4n) is 3.81. The van der Waals surface area contributed by atoms with Crippen molar-refractivity contribution in [3.63, 3.8) is 0 Å². The van der Waals surface area contributed by atoms with Crippen molar-refractivity contribution < 1.29 is 4.79 Å². The molecule has 0 saturated heterocycles. The first kappa shape index (κ1) is 18.1. The number of pyridine rings is 1. The van der Waals surface area contributed by atoms with Gasteiger partial charge in [0.15, 0.2) is 5.65 Å². The monoisotopic (exact) mass is 383 g/mol. The summed E-state index contributed by atoms with van der Waals surface area (Å²) in [4.78, 5) is 22.2. The highest BCUT2D eigenvalue weighted by Gasteiger charge is 2.39. The molecular weight excluding hydrogens is 358 g/mol. The fraction of sp³-hybridized carbons (Fsp3) is 0.500. The van der Waals surface area contributed by atoms with E-state index in [9.17, 15) is 4.79 Å². The van der Waals surface area contributed by atoms with Crippen LogP contribution >= 0.6 is 11.3 Å². The minimum Gasteiger partial charge on any atom is -0.340 e. The van der Waals surface area contributed by atoms with Gasteiger partial charge >= 0.3 is 0 Å². The number of nitrogens with one attached hydrogen (secondary N) is 1. The van der Waals surface area contributed by atoms with E-state index >= 15 is 0 Å². The highest BCUT2D eigenvalue weighted by Crippen LogP contribution is 2.40. The van der Waals surface area contributed by atoms with E-state index in [2.05, 4.69) is 39.6 Å². The van der Waals surface area contributed by atoms with E-state index in [-0.39, 0.29) is 11.4 Å². The lowest BCUT2D eigenvalue weighted by Gasteiger charge is -2.28. The second-order valence-electron chi connectivity index (χ2n) is 7.89. The molecule has 0 radical (unpaired) electrons. The number of fused-ring (bicyclic) bond motifs is 1. The number of amides is 1. The minimum absolute atomic E-state index is 0.0873. The smallest absolute Gasteiger partial charge is 0.253 e. The molecule has 1 fully saturated rings. The number of aryl methyl sites for hydroxylation is 1. The summed E-state index contributed by atoms with van der Waals surface area (Å²) in [6.45, 7) is 7.11. The topological polar surface area (TPSA) is 72.7 Å². The highest BCUT2D eigenvalue weighted by molar-refractivity contribution is 7.09. The lowest BCUT2D eigenvalue weighted by molar-refractivity contribution is 0.0897. The van der Waals surface area contributed by atoms with E-state index in [1.807, 2.05) is 17.7 Å². The summed E-state index contributed by atoms with van der Waals surface area (Å²) >= 11 is 1.64. The van der Waals surface area contributed by atoms with Gasteiger partial charge in [-0.05, 0) is 31.7 Å². The van der Waals surface area contributed by atoms with E-state index in [0.29, 0.717) is 11.5 Å². The molecule has 1 amide bonds. The number of hydrogen-bond donors (Lipinski definition) is 1. The minimum atomic E-state index is -0.340. The first-order chi connectivity index (χ1) is 13.0. The quantitative estimate of drug-likeness (QED) is 0.721. The fourth-order valence-corrected chi connectivity index (χ4v) is 4.82. The van der Waals surface area contributed by atoms with Gasteiger partial charge < -0.3 is 5.32 Å². The van der Waals surface area contributed by atoms with Crippen LogP contribution in [0.3, 0.4) is 0 Å². The van der Waals surface area contributed by atoms with Crippen molar-refractivity contribution in [2.45, 2.75) is 58.5 Å². The van der Waals surface area contributed by atoms with Gasteiger partial charge in [0.25, 0.3) is 5.91 Å². The molecule has 3 aromatic rings. The summed E-state index contributed by atoms with van der Waals surface area (Å²) in [6, 6.07) is 1.89.